The molecule has 0 amide bonds. The summed E-state index contributed by atoms with van der Waals surface area (Å²) in [6.07, 6.45) is 6.55. The fraction of sp³-hybridized carbons (Fsp3) is 0.571. The van der Waals surface area contributed by atoms with E-state index in [1.54, 1.807) is 0 Å². The summed E-state index contributed by atoms with van der Waals surface area (Å²) in [7, 11) is 1.95. The molecule has 0 bridgehead atoms. The van der Waals surface area contributed by atoms with Crippen molar-refractivity contribution >= 4 is 5.69 Å². The molecular weight excluding hydrogens is 198 g/mol. The predicted octanol–water partition coefficient (Wildman–Crippen LogP) is 3.61. The zero-order chi connectivity index (χ0) is 11.4. The number of aryl methyl sites for hydroxylation is 1. The highest BCUT2D eigenvalue weighted by Crippen LogP contribution is 2.28. The maximum absolute atomic E-state index is 6.07. The van der Waals surface area contributed by atoms with Gasteiger partial charge in [-0.2, -0.15) is 0 Å². The van der Waals surface area contributed by atoms with Gasteiger partial charge in [0.25, 0.3) is 0 Å². The van der Waals surface area contributed by atoms with Crippen molar-refractivity contribution in [1.29, 1.82) is 0 Å². The third-order valence-electron chi connectivity index (χ3n) is 3.33. The summed E-state index contributed by atoms with van der Waals surface area (Å²) in [5, 5.41) is 3.17. The van der Waals surface area contributed by atoms with Crippen molar-refractivity contribution < 1.29 is 4.74 Å². The second-order valence-electron chi connectivity index (χ2n) is 4.45. The van der Waals surface area contributed by atoms with Crippen LogP contribution in [0.2, 0.25) is 0 Å². The molecule has 0 saturated heterocycles. The lowest BCUT2D eigenvalue weighted by molar-refractivity contribution is 0.208. The molecule has 1 aliphatic rings. The quantitative estimate of drug-likeness (QED) is 0.835. The fourth-order valence-electron chi connectivity index (χ4n) is 2.31. The van der Waals surface area contributed by atoms with Gasteiger partial charge in [-0.15, -0.1) is 0 Å². The number of hydrogen-bond acceptors (Lipinski definition) is 2. The van der Waals surface area contributed by atoms with Crippen molar-refractivity contribution in [2.75, 3.05) is 12.4 Å². The van der Waals surface area contributed by atoms with Crippen molar-refractivity contribution in [2.45, 2.75) is 45.1 Å². The Morgan fingerprint density at radius 2 is 2.06 bits per heavy atom. The van der Waals surface area contributed by atoms with Gasteiger partial charge < -0.3 is 10.1 Å². The van der Waals surface area contributed by atoms with Gasteiger partial charge in [0.1, 0.15) is 5.75 Å². The minimum absolute atomic E-state index is 0.450. The molecule has 2 heteroatoms. The normalized spacial score (nSPS) is 16.4. The predicted molar refractivity (Wildman–Crippen MR) is 68.3 cm³/mol. The Kier molecular flexibility index (Phi) is 3.70. The molecule has 0 unspecified atom stereocenters. The van der Waals surface area contributed by atoms with Crippen LogP contribution in [0, 0.1) is 0 Å². The lowest BCUT2D eigenvalue weighted by Gasteiger charge is -2.16. The second kappa shape index (κ2) is 5.24. The van der Waals surface area contributed by atoms with E-state index in [1.807, 2.05) is 7.05 Å². The van der Waals surface area contributed by atoms with Crippen molar-refractivity contribution in [3.8, 4) is 5.75 Å². The van der Waals surface area contributed by atoms with Crippen LogP contribution in [-0.2, 0) is 6.42 Å². The molecule has 1 aromatic carbocycles. The zero-order valence-corrected chi connectivity index (χ0v) is 10.3. The van der Waals surface area contributed by atoms with E-state index >= 15 is 0 Å². The van der Waals surface area contributed by atoms with Crippen LogP contribution in [0.25, 0.3) is 0 Å². The van der Waals surface area contributed by atoms with Crippen molar-refractivity contribution in [3.63, 3.8) is 0 Å². The van der Waals surface area contributed by atoms with Crippen LogP contribution in [0.15, 0.2) is 18.2 Å². The van der Waals surface area contributed by atoms with E-state index in [9.17, 15) is 0 Å². The van der Waals surface area contributed by atoms with Crippen LogP contribution >= 0.6 is 0 Å². The summed E-state index contributed by atoms with van der Waals surface area (Å²) < 4.78 is 6.07. The number of nitrogens with one attached hydrogen (secondary N) is 1. The molecular formula is C14H21NO. The van der Waals surface area contributed by atoms with Gasteiger partial charge in [-0.05, 0) is 55.9 Å². The SMILES string of the molecule is CCc1cc(NC)ccc1OC1CCCC1. The summed E-state index contributed by atoms with van der Waals surface area (Å²) in [6.45, 7) is 2.18. The number of ether oxygens (including phenoxy) is 1. The molecule has 0 heterocycles. The topological polar surface area (TPSA) is 21.3 Å². The molecule has 0 aliphatic heterocycles. The highest BCUT2D eigenvalue weighted by atomic mass is 16.5. The van der Waals surface area contributed by atoms with Gasteiger partial charge in [0, 0.05) is 12.7 Å². The Morgan fingerprint density at radius 3 is 2.69 bits per heavy atom. The van der Waals surface area contributed by atoms with E-state index in [2.05, 4.69) is 30.4 Å². The minimum atomic E-state index is 0.450. The number of hydrogen-bond donors (Lipinski definition) is 1. The Labute approximate surface area is 98.0 Å². The third-order valence-corrected chi connectivity index (χ3v) is 3.33. The summed E-state index contributed by atoms with van der Waals surface area (Å²) in [4.78, 5) is 0. The van der Waals surface area contributed by atoms with Gasteiger partial charge >= 0.3 is 0 Å². The molecule has 88 valence electrons. The van der Waals surface area contributed by atoms with Crippen molar-refractivity contribution in [3.05, 3.63) is 23.8 Å². The first-order chi connectivity index (χ1) is 7.83. The molecule has 1 fully saturated rings. The smallest absolute Gasteiger partial charge is 0.123 e. The highest BCUT2D eigenvalue weighted by Gasteiger charge is 2.17. The van der Waals surface area contributed by atoms with Crippen LogP contribution < -0.4 is 10.1 Å². The molecule has 1 N–H and O–H groups in total. The summed E-state index contributed by atoms with van der Waals surface area (Å²) >= 11 is 0. The Hall–Kier alpha value is -1.18. The van der Waals surface area contributed by atoms with E-state index in [0.717, 1.165) is 17.9 Å². The molecule has 16 heavy (non-hydrogen) atoms. The van der Waals surface area contributed by atoms with Gasteiger partial charge in [-0.1, -0.05) is 6.92 Å². The molecule has 1 aliphatic carbocycles. The molecule has 0 atom stereocenters. The minimum Gasteiger partial charge on any atom is -0.490 e. The summed E-state index contributed by atoms with van der Waals surface area (Å²) in [6, 6.07) is 6.37. The lowest BCUT2D eigenvalue weighted by atomic mass is 10.1. The lowest BCUT2D eigenvalue weighted by Crippen LogP contribution is -2.12. The molecule has 0 spiro atoms. The standard InChI is InChI=1S/C14H21NO/c1-3-11-10-12(15-2)8-9-14(11)16-13-6-4-5-7-13/h8-10,13,15H,3-7H2,1-2H3. The molecule has 1 aromatic rings. The maximum Gasteiger partial charge on any atom is 0.123 e. The van der Waals surface area contributed by atoms with E-state index in [0.29, 0.717) is 6.10 Å². The molecule has 0 radical (unpaired) electrons. The maximum atomic E-state index is 6.07. The van der Waals surface area contributed by atoms with E-state index < -0.39 is 0 Å². The van der Waals surface area contributed by atoms with E-state index in [-0.39, 0.29) is 0 Å². The third kappa shape index (κ3) is 2.49. The zero-order valence-electron chi connectivity index (χ0n) is 10.3. The molecule has 1 saturated carbocycles. The average molecular weight is 219 g/mol. The van der Waals surface area contributed by atoms with Crippen LogP contribution in [0.4, 0.5) is 5.69 Å². The van der Waals surface area contributed by atoms with E-state index in [1.165, 1.54) is 31.2 Å². The fourth-order valence-corrected chi connectivity index (χ4v) is 2.31. The largest absolute Gasteiger partial charge is 0.490 e. The summed E-state index contributed by atoms with van der Waals surface area (Å²) in [5.41, 5.74) is 2.47. The number of anilines is 1. The molecule has 0 aromatic heterocycles. The van der Waals surface area contributed by atoms with Crippen LogP contribution in [0.1, 0.15) is 38.2 Å². The van der Waals surface area contributed by atoms with Crippen molar-refractivity contribution in [2.24, 2.45) is 0 Å². The van der Waals surface area contributed by atoms with Crippen LogP contribution in [-0.4, -0.2) is 13.2 Å². The molecule has 2 rings (SSSR count). The summed E-state index contributed by atoms with van der Waals surface area (Å²) in [5.74, 6) is 1.08. The number of rotatable bonds is 4. The Balaban J connectivity index is 2.12. The average Bonchev–Trinajstić information content (AvgIpc) is 2.82. The van der Waals surface area contributed by atoms with Gasteiger partial charge in [0.2, 0.25) is 0 Å². The molecule has 2 nitrogen and oxygen atoms in total. The Bertz CT molecular complexity index is 343. The van der Waals surface area contributed by atoms with Crippen LogP contribution in [0.5, 0.6) is 5.75 Å². The van der Waals surface area contributed by atoms with Gasteiger partial charge in [0.15, 0.2) is 0 Å². The van der Waals surface area contributed by atoms with Gasteiger partial charge in [0.05, 0.1) is 6.10 Å². The Morgan fingerprint density at radius 1 is 1.31 bits per heavy atom. The van der Waals surface area contributed by atoms with Crippen LogP contribution in [0.3, 0.4) is 0 Å². The second-order valence-corrected chi connectivity index (χ2v) is 4.45. The van der Waals surface area contributed by atoms with Gasteiger partial charge in [-0.25, -0.2) is 0 Å². The number of benzene rings is 1. The van der Waals surface area contributed by atoms with E-state index in [4.69, 9.17) is 4.74 Å². The first-order valence-corrected chi connectivity index (χ1v) is 6.31. The first kappa shape index (κ1) is 11.3. The van der Waals surface area contributed by atoms with Crippen molar-refractivity contribution in [1.82, 2.24) is 0 Å². The van der Waals surface area contributed by atoms with Gasteiger partial charge in [-0.3, -0.25) is 0 Å². The highest BCUT2D eigenvalue weighted by molar-refractivity contribution is 5.50. The first-order valence-electron chi connectivity index (χ1n) is 6.31. The monoisotopic (exact) mass is 219 g/mol.